The van der Waals surface area contributed by atoms with Crippen LogP contribution >= 0.6 is 0 Å². The van der Waals surface area contributed by atoms with E-state index in [1.807, 2.05) is 30.3 Å². The van der Waals surface area contributed by atoms with Crippen LogP contribution in [0.25, 0.3) is 0 Å². The van der Waals surface area contributed by atoms with Gasteiger partial charge in [0, 0.05) is 19.3 Å². The molecule has 0 N–H and O–H groups in total. The molecule has 2 amide bonds. The number of alkyl halides is 2. The number of benzene rings is 1. The van der Waals surface area contributed by atoms with Crippen molar-refractivity contribution in [3.05, 3.63) is 35.9 Å². The number of imide groups is 1. The number of hydrogen-bond donors (Lipinski definition) is 0. The molecule has 1 aromatic carbocycles. The second-order valence-corrected chi connectivity index (χ2v) is 6.35. The molecule has 1 aliphatic carbocycles. The van der Waals surface area contributed by atoms with E-state index in [-0.39, 0.29) is 37.8 Å². The predicted molar refractivity (Wildman–Crippen MR) is 79.0 cm³/mol. The lowest BCUT2D eigenvalue weighted by Gasteiger charge is -2.21. The van der Waals surface area contributed by atoms with Gasteiger partial charge in [0.2, 0.25) is 11.8 Å². The minimum Gasteiger partial charge on any atom is -0.447 e. The molecule has 0 spiro atoms. The summed E-state index contributed by atoms with van der Waals surface area (Å²) in [6.07, 6.45) is -0.297. The number of nitrogens with zero attached hydrogens (tertiary/aromatic N) is 1. The van der Waals surface area contributed by atoms with Gasteiger partial charge in [-0.2, -0.15) is 0 Å². The third-order valence-corrected chi connectivity index (χ3v) is 4.51. The van der Waals surface area contributed by atoms with E-state index in [0.717, 1.165) is 10.5 Å². The van der Waals surface area contributed by atoms with Crippen molar-refractivity contribution < 1.29 is 23.1 Å². The summed E-state index contributed by atoms with van der Waals surface area (Å²) in [5.41, 5.74) is 1.00. The summed E-state index contributed by atoms with van der Waals surface area (Å²) >= 11 is 0. The second kappa shape index (κ2) is 6.26. The molecule has 6 heteroatoms. The van der Waals surface area contributed by atoms with Gasteiger partial charge in [-0.25, -0.2) is 18.5 Å². The quantitative estimate of drug-likeness (QED) is 0.853. The Morgan fingerprint density at radius 3 is 2.70 bits per heavy atom. The number of cyclic esters (lactones) is 1. The van der Waals surface area contributed by atoms with Crippen molar-refractivity contribution in [2.75, 3.05) is 6.61 Å². The average molecular weight is 323 g/mol. The molecule has 1 aromatic rings. The van der Waals surface area contributed by atoms with E-state index in [0.29, 0.717) is 12.8 Å². The summed E-state index contributed by atoms with van der Waals surface area (Å²) in [5.74, 6) is -3.45. The summed E-state index contributed by atoms with van der Waals surface area (Å²) in [6, 6.07) is 9.15. The number of ether oxygens (including phenoxy) is 1. The molecule has 2 atom stereocenters. The van der Waals surface area contributed by atoms with Gasteiger partial charge in [-0.3, -0.25) is 4.79 Å². The summed E-state index contributed by atoms with van der Waals surface area (Å²) in [4.78, 5) is 25.4. The highest BCUT2D eigenvalue weighted by Gasteiger charge is 2.43. The van der Waals surface area contributed by atoms with Crippen molar-refractivity contribution in [2.45, 2.75) is 44.1 Å². The number of hydrogen-bond acceptors (Lipinski definition) is 3. The van der Waals surface area contributed by atoms with Gasteiger partial charge in [0.05, 0.1) is 6.04 Å². The zero-order chi connectivity index (χ0) is 16.4. The lowest BCUT2D eigenvalue weighted by Crippen LogP contribution is -2.40. The van der Waals surface area contributed by atoms with E-state index in [2.05, 4.69) is 0 Å². The second-order valence-electron chi connectivity index (χ2n) is 6.35. The standard InChI is InChI=1S/C17H19F2NO3/c18-17(19)7-6-13(10-17)9-15(21)20-14(11-23-16(20)22)8-12-4-2-1-3-5-12/h1-5,13-14H,6-11H2/t13-,14+/m1/s1. The van der Waals surface area contributed by atoms with Gasteiger partial charge in [-0.1, -0.05) is 30.3 Å². The Morgan fingerprint density at radius 2 is 2.04 bits per heavy atom. The van der Waals surface area contributed by atoms with E-state index in [1.54, 1.807) is 0 Å². The molecule has 0 bridgehead atoms. The van der Waals surface area contributed by atoms with Crippen LogP contribution in [0.1, 0.15) is 31.2 Å². The lowest BCUT2D eigenvalue weighted by atomic mass is 10.0. The maximum absolute atomic E-state index is 13.2. The molecule has 0 aromatic heterocycles. The summed E-state index contributed by atoms with van der Waals surface area (Å²) in [7, 11) is 0. The van der Waals surface area contributed by atoms with Gasteiger partial charge >= 0.3 is 6.09 Å². The maximum Gasteiger partial charge on any atom is 0.416 e. The predicted octanol–water partition coefficient (Wildman–Crippen LogP) is 3.40. The first-order chi connectivity index (χ1) is 10.9. The molecule has 1 saturated carbocycles. The highest BCUT2D eigenvalue weighted by molar-refractivity contribution is 5.93. The van der Waals surface area contributed by atoms with Gasteiger partial charge in [0.15, 0.2) is 0 Å². The Labute approximate surface area is 133 Å². The third-order valence-electron chi connectivity index (χ3n) is 4.51. The fourth-order valence-electron chi connectivity index (χ4n) is 3.36. The highest BCUT2D eigenvalue weighted by Crippen LogP contribution is 2.40. The van der Waals surface area contributed by atoms with Crippen LogP contribution in [-0.4, -0.2) is 35.5 Å². The number of rotatable bonds is 4. The van der Waals surface area contributed by atoms with Crippen LogP contribution in [0.3, 0.4) is 0 Å². The van der Waals surface area contributed by atoms with Crippen molar-refractivity contribution in [3.63, 3.8) is 0 Å². The van der Waals surface area contributed by atoms with E-state index >= 15 is 0 Å². The first-order valence-electron chi connectivity index (χ1n) is 7.85. The van der Waals surface area contributed by atoms with E-state index < -0.39 is 17.9 Å². The van der Waals surface area contributed by atoms with Crippen molar-refractivity contribution in [1.82, 2.24) is 4.90 Å². The highest BCUT2D eigenvalue weighted by atomic mass is 19.3. The van der Waals surface area contributed by atoms with Crippen LogP contribution in [0.5, 0.6) is 0 Å². The van der Waals surface area contributed by atoms with Crippen molar-refractivity contribution >= 4 is 12.0 Å². The molecule has 23 heavy (non-hydrogen) atoms. The van der Waals surface area contributed by atoms with Crippen LogP contribution in [0.15, 0.2) is 30.3 Å². The van der Waals surface area contributed by atoms with Crippen molar-refractivity contribution in [2.24, 2.45) is 5.92 Å². The molecule has 3 rings (SSSR count). The number of amides is 2. The third kappa shape index (κ3) is 3.68. The van der Waals surface area contributed by atoms with Crippen LogP contribution in [-0.2, 0) is 16.0 Å². The lowest BCUT2D eigenvalue weighted by molar-refractivity contribution is -0.130. The van der Waals surface area contributed by atoms with E-state index in [1.165, 1.54) is 0 Å². The molecule has 0 radical (unpaired) electrons. The Morgan fingerprint density at radius 1 is 1.30 bits per heavy atom. The first kappa shape index (κ1) is 15.9. The Balaban J connectivity index is 1.64. The van der Waals surface area contributed by atoms with Gasteiger partial charge in [0.25, 0.3) is 0 Å². The fraction of sp³-hybridized carbons (Fsp3) is 0.529. The number of carbonyl (C=O) groups excluding carboxylic acids is 2. The molecule has 1 aliphatic heterocycles. The maximum atomic E-state index is 13.2. The Hall–Kier alpha value is -1.98. The summed E-state index contributed by atoms with van der Waals surface area (Å²) < 4.78 is 31.5. The van der Waals surface area contributed by atoms with Crippen LogP contribution < -0.4 is 0 Å². The number of carbonyl (C=O) groups is 2. The SMILES string of the molecule is O=C(C[C@H]1CCC(F)(F)C1)N1C(=O)OC[C@@H]1Cc1ccccc1. The molecule has 0 unspecified atom stereocenters. The topological polar surface area (TPSA) is 46.6 Å². The van der Waals surface area contributed by atoms with E-state index in [9.17, 15) is 18.4 Å². The summed E-state index contributed by atoms with van der Waals surface area (Å²) in [5, 5.41) is 0. The normalized spacial score (nSPS) is 26.3. The smallest absolute Gasteiger partial charge is 0.416 e. The van der Waals surface area contributed by atoms with Crippen LogP contribution in [0.2, 0.25) is 0 Å². The Bertz CT molecular complexity index is 591. The zero-order valence-electron chi connectivity index (χ0n) is 12.7. The van der Waals surface area contributed by atoms with Gasteiger partial charge in [-0.05, 0) is 24.3 Å². The minimum absolute atomic E-state index is 0.0179. The van der Waals surface area contributed by atoms with Crippen molar-refractivity contribution in [1.29, 1.82) is 0 Å². The molecule has 2 fully saturated rings. The fourth-order valence-corrected chi connectivity index (χ4v) is 3.36. The van der Waals surface area contributed by atoms with Gasteiger partial charge in [-0.15, -0.1) is 0 Å². The molecule has 4 nitrogen and oxygen atoms in total. The monoisotopic (exact) mass is 323 g/mol. The molecule has 124 valence electrons. The van der Waals surface area contributed by atoms with Crippen LogP contribution in [0.4, 0.5) is 13.6 Å². The van der Waals surface area contributed by atoms with Crippen molar-refractivity contribution in [3.8, 4) is 0 Å². The summed E-state index contributed by atoms with van der Waals surface area (Å²) in [6.45, 7) is 0.153. The zero-order valence-corrected chi connectivity index (χ0v) is 12.7. The molecule has 1 heterocycles. The molecular weight excluding hydrogens is 304 g/mol. The Kier molecular flexibility index (Phi) is 4.33. The molecule has 1 saturated heterocycles. The van der Waals surface area contributed by atoms with Gasteiger partial charge in [0.1, 0.15) is 6.61 Å². The molecular formula is C17H19F2NO3. The largest absolute Gasteiger partial charge is 0.447 e. The molecule has 2 aliphatic rings. The van der Waals surface area contributed by atoms with E-state index in [4.69, 9.17) is 4.74 Å². The van der Waals surface area contributed by atoms with Crippen LogP contribution in [0, 0.1) is 5.92 Å². The minimum atomic E-state index is -2.68. The number of halogens is 2. The first-order valence-corrected chi connectivity index (χ1v) is 7.85. The van der Waals surface area contributed by atoms with Gasteiger partial charge < -0.3 is 4.74 Å². The average Bonchev–Trinajstić information content (AvgIpc) is 3.02.